The number of aliphatic hydroxyl groups excluding tert-OH is 3. The molecule has 2 radical (unpaired) electrons. The Kier molecular flexibility index (Phi) is 3.30. The van der Waals surface area contributed by atoms with E-state index in [-0.39, 0.29) is 6.61 Å². The van der Waals surface area contributed by atoms with Crippen molar-refractivity contribution >= 4 is 32.5 Å². The molecule has 3 heterocycles. The molecule has 106 valence electrons. The maximum atomic E-state index is 10.2. The first-order chi connectivity index (χ1) is 9.49. The number of imidazole rings is 1. The third kappa shape index (κ3) is 1.80. The molecule has 0 aliphatic carbocycles. The molecule has 9 heteroatoms. The molecule has 1 saturated heterocycles. The summed E-state index contributed by atoms with van der Waals surface area (Å²) in [6, 6.07) is 0. The Hall–Kier alpha value is -1.05. The van der Waals surface area contributed by atoms with Gasteiger partial charge in [0.05, 0.1) is 0 Å². The molecule has 0 saturated carbocycles. The number of nitrogens with zero attached hydrogens (tertiary/aromatic N) is 4. The summed E-state index contributed by atoms with van der Waals surface area (Å²) in [5, 5.41) is 29.3. The van der Waals surface area contributed by atoms with Gasteiger partial charge < -0.3 is 0 Å². The van der Waals surface area contributed by atoms with Crippen LogP contribution in [-0.2, 0) is 10.5 Å². The van der Waals surface area contributed by atoms with Crippen molar-refractivity contribution in [2.24, 2.45) is 0 Å². The average molecular weight is 340 g/mol. The topological polar surface area (TPSA) is 114 Å². The van der Waals surface area contributed by atoms with E-state index in [0.29, 0.717) is 15.6 Å². The van der Waals surface area contributed by atoms with E-state index in [4.69, 9.17) is 4.74 Å². The number of aliphatic hydroxyl groups is 3. The van der Waals surface area contributed by atoms with E-state index in [0.717, 1.165) is 0 Å². The van der Waals surface area contributed by atoms with Crippen molar-refractivity contribution in [2.45, 2.75) is 31.0 Å². The molecule has 3 N–H and O–H groups in total. The van der Waals surface area contributed by atoms with Crippen LogP contribution < -0.4 is 4.48 Å². The Labute approximate surface area is 122 Å². The van der Waals surface area contributed by atoms with Gasteiger partial charge in [0.15, 0.2) is 0 Å². The zero-order valence-corrected chi connectivity index (χ0v) is 12.5. The van der Waals surface area contributed by atoms with Gasteiger partial charge in [0, 0.05) is 0 Å². The number of rotatable bonds is 2. The fraction of sp³-hybridized carbons (Fsp3) is 0.545. The fourth-order valence-electron chi connectivity index (χ4n) is 2.46. The van der Waals surface area contributed by atoms with Gasteiger partial charge in [-0.15, -0.1) is 0 Å². The Balaban J connectivity index is 2.13. The van der Waals surface area contributed by atoms with E-state index in [1.54, 1.807) is 11.5 Å². The van der Waals surface area contributed by atoms with Crippen LogP contribution in [0.1, 0.15) is 6.92 Å². The Morgan fingerprint density at radius 1 is 1.40 bits per heavy atom. The first-order valence-corrected chi connectivity index (χ1v) is 6.95. The summed E-state index contributed by atoms with van der Waals surface area (Å²) in [6.45, 7) is 1.23. The number of aromatic nitrogens is 4. The first kappa shape index (κ1) is 13.9. The Morgan fingerprint density at radius 2 is 2.15 bits per heavy atom. The second kappa shape index (κ2) is 4.75. The summed E-state index contributed by atoms with van der Waals surface area (Å²) in [6.07, 6.45) is -0.376. The third-order valence-electron chi connectivity index (χ3n) is 3.62. The van der Waals surface area contributed by atoms with Crippen LogP contribution in [0.4, 0.5) is 0 Å². The monoisotopic (exact) mass is 340 g/mol. The summed E-state index contributed by atoms with van der Waals surface area (Å²) >= 11 is 2.29. The van der Waals surface area contributed by atoms with Crippen molar-refractivity contribution in [3.8, 4) is 0 Å². The van der Waals surface area contributed by atoms with E-state index in [1.165, 1.54) is 12.7 Å². The number of hydrogen-bond donors (Lipinski definition) is 3. The van der Waals surface area contributed by atoms with Crippen LogP contribution in [-0.4, -0.2) is 76.6 Å². The molecule has 2 aromatic heterocycles. The summed E-state index contributed by atoms with van der Waals surface area (Å²) < 4.78 is 7.82. The SMILES string of the molecule is C[C@@]1(n2cnc3c([As])ncnc32)O[C@H](CO)[C@@H](O)[C@H]1O. The van der Waals surface area contributed by atoms with E-state index >= 15 is 0 Å². The summed E-state index contributed by atoms with van der Waals surface area (Å²) in [5.41, 5.74) is -0.190. The molecule has 1 fully saturated rings. The van der Waals surface area contributed by atoms with E-state index in [9.17, 15) is 15.3 Å². The predicted octanol–water partition coefficient (Wildman–Crippen LogP) is -2.59. The molecule has 0 bridgehead atoms. The molecule has 4 atom stereocenters. The number of ether oxygens (including phenoxy) is 1. The summed E-state index contributed by atoms with van der Waals surface area (Å²) in [4.78, 5) is 12.4. The Bertz CT molecular complexity index is 650. The van der Waals surface area contributed by atoms with Crippen LogP contribution in [0, 0.1) is 0 Å². The van der Waals surface area contributed by atoms with Gasteiger partial charge in [0.2, 0.25) is 0 Å². The van der Waals surface area contributed by atoms with E-state index in [1.807, 2.05) is 0 Å². The molecular formula is C11H13AsN4O4. The molecule has 0 spiro atoms. The van der Waals surface area contributed by atoms with Crippen molar-refractivity contribution in [3.05, 3.63) is 12.7 Å². The molecule has 0 aromatic carbocycles. The second-order valence-corrected chi connectivity index (χ2v) is 5.70. The first-order valence-electron chi connectivity index (χ1n) is 6.01. The normalized spacial score (nSPS) is 34.0. The van der Waals surface area contributed by atoms with Crippen molar-refractivity contribution in [1.29, 1.82) is 0 Å². The third-order valence-corrected chi connectivity index (χ3v) is 4.30. The van der Waals surface area contributed by atoms with Crippen molar-refractivity contribution in [3.63, 3.8) is 0 Å². The quantitative estimate of drug-likeness (QED) is 0.514. The molecule has 3 rings (SSSR count). The molecule has 20 heavy (non-hydrogen) atoms. The molecule has 1 aliphatic rings. The van der Waals surface area contributed by atoms with Crippen molar-refractivity contribution in [1.82, 2.24) is 19.5 Å². The molecule has 8 nitrogen and oxygen atoms in total. The van der Waals surface area contributed by atoms with Gasteiger partial charge in [0.1, 0.15) is 0 Å². The van der Waals surface area contributed by atoms with Gasteiger partial charge >= 0.3 is 122 Å². The van der Waals surface area contributed by atoms with Crippen molar-refractivity contribution < 1.29 is 20.1 Å². The predicted molar refractivity (Wildman–Crippen MR) is 68.3 cm³/mol. The fourth-order valence-corrected chi connectivity index (χ4v) is 2.90. The Morgan fingerprint density at radius 3 is 2.80 bits per heavy atom. The van der Waals surface area contributed by atoms with Gasteiger partial charge in [-0.25, -0.2) is 0 Å². The van der Waals surface area contributed by atoms with Crippen LogP contribution in [0.25, 0.3) is 11.2 Å². The van der Waals surface area contributed by atoms with E-state index in [2.05, 4.69) is 31.8 Å². The van der Waals surface area contributed by atoms with E-state index < -0.39 is 24.0 Å². The summed E-state index contributed by atoms with van der Waals surface area (Å²) in [7, 11) is 0. The minimum absolute atomic E-state index is 0.384. The molecule has 1 aliphatic heterocycles. The minimum atomic E-state index is -1.25. The molecule has 0 amide bonds. The average Bonchev–Trinajstić information content (AvgIpc) is 2.96. The van der Waals surface area contributed by atoms with Gasteiger partial charge in [-0.05, 0) is 0 Å². The van der Waals surface area contributed by atoms with Crippen LogP contribution in [0.15, 0.2) is 12.7 Å². The van der Waals surface area contributed by atoms with Crippen LogP contribution in [0.5, 0.6) is 0 Å². The molecule has 0 unspecified atom stereocenters. The molecular weight excluding hydrogens is 327 g/mol. The molecule has 2 aromatic rings. The van der Waals surface area contributed by atoms with Gasteiger partial charge in [-0.2, -0.15) is 0 Å². The standard InChI is InChI=1S/C11H13AsN4O4/c1-11(8(19)7(18)5(2-17)20-11)16-4-15-6-9(12)13-3-14-10(6)16/h3-5,7-8,17-19H,2H2,1H3/t5-,7-,8-,11-/m1/s1. The zero-order chi connectivity index (χ0) is 14.5. The van der Waals surface area contributed by atoms with Gasteiger partial charge in [-0.1, -0.05) is 0 Å². The maximum absolute atomic E-state index is 10.2. The number of fused-ring (bicyclic) bond motifs is 1. The van der Waals surface area contributed by atoms with Gasteiger partial charge in [0.25, 0.3) is 0 Å². The van der Waals surface area contributed by atoms with Gasteiger partial charge in [-0.3, -0.25) is 0 Å². The number of hydrogen-bond acceptors (Lipinski definition) is 7. The van der Waals surface area contributed by atoms with Crippen molar-refractivity contribution in [2.75, 3.05) is 6.61 Å². The summed E-state index contributed by atoms with van der Waals surface area (Å²) in [5.74, 6) is 0. The second-order valence-electron chi connectivity index (χ2n) is 4.81. The van der Waals surface area contributed by atoms with Crippen LogP contribution >= 0.6 is 0 Å². The van der Waals surface area contributed by atoms with Crippen LogP contribution in [0.2, 0.25) is 0 Å². The zero-order valence-electron chi connectivity index (χ0n) is 10.6. The van der Waals surface area contributed by atoms with Crippen LogP contribution in [0.3, 0.4) is 0 Å².